The summed E-state index contributed by atoms with van der Waals surface area (Å²) in [5.41, 5.74) is -1.40. The van der Waals surface area contributed by atoms with Crippen molar-refractivity contribution < 1.29 is 46.3 Å². The van der Waals surface area contributed by atoms with Crippen molar-refractivity contribution in [3.63, 3.8) is 0 Å². The molecular weight excluding hydrogens is 765 g/mol. The number of rotatable bonds is 5. The maximum atomic E-state index is 14.4. The van der Waals surface area contributed by atoms with Crippen molar-refractivity contribution in [1.29, 1.82) is 0 Å². The Labute approximate surface area is 322 Å². The number of nitrogens with one attached hydrogen (secondary N) is 3. The van der Waals surface area contributed by atoms with Gasteiger partial charge in [0, 0.05) is 18.5 Å². The number of thiophene rings is 1. The Bertz CT molecular complexity index is 1920. The lowest BCUT2D eigenvalue weighted by atomic mass is 10.0. The highest BCUT2D eigenvalue weighted by atomic mass is 35.5. The number of carbonyl (C=O) groups is 5. The van der Waals surface area contributed by atoms with Crippen molar-refractivity contribution >= 4 is 62.9 Å². The molecule has 0 unspecified atom stereocenters. The van der Waals surface area contributed by atoms with E-state index in [1.165, 1.54) is 28.0 Å². The Hall–Kier alpha value is -3.96. The molecule has 1 aliphatic carbocycles. The van der Waals surface area contributed by atoms with Crippen molar-refractivity contribution in [2.75, 3.05) is 6.54 Å². The number of carbonyl (C=O) groups excluding carboxylic acids is 5. The minimum absolute atomic E-state index is 0.0123. The van der Waals surface area contributed by atoms with Crippen LogP contribution in [0.4, 0.5) is 14.0 Å². The van der Waals surface area contributed by atoms with E-state index in [2.05, 4.69) is 15.4 Å². The average Bonchev–Trinajstić information content (AvgIpc) is 3.46. The van der Waals surface area contributed by atoms with Crippen molar-refractivity contribution in [3.05, 3.63) is 51.6 Å². The predicted molar refractivity (Wildman–Crippen MR) is 195 cm³/mol. The Morgan fingerprint density at radius 1 is 1.04 bits per heavy atom. The molecule has 294 valence electrons. The quantitative estimate of drug-likeness (QED) is 0.376. The standard InChI is InChI=1S/C36H45ClFN5O9S2/c1-35(2,3)52-33(47)39-26-13-8-6-4-5-7-11-22-17-36(22,32(46)41-54(49,50)29-15-14-28(37)53-29)40-30(44)27-16-23(19-43(27)31(26)45)51-34(48)42-18-21-10-9-12-25(38)24(21)20-42/h9-10,12,14-15,22-23,26-27H,4-8,11,13,16-20H2,1-3H3,(H,39,47)(H,40,44)(H,41,46)/t22-,23+,26-,27-,36+/m0/s1. The highest BCUT2D eigenvalue weighted by Crippen LogP contribution is 2.48. The van der Waals surface area contributed by atoms with Crippen LogP contribution in [0.15, 0.2) is 34.5 Å². The number of hydrogen-bond acceptors (Lipinski definition) is 10. The van der Waals surface area contributed by atoms with E-state index in [9.17, 15) is 36.8 Å². The fourth-order valence-corrected chi connectivity index (χ4v) is 9.97. The summed E-state index contributed by atoms with van der Waals surface area (Å²) in [5.74, 6) is -3.06. The molecule has 2 saturated heterocycles. The van der Waals surface area contributed by atoms with Gasteiger partial charge in [-0.25, -0.2) is 27.1 Å². The van der Waals surface area contributed by atoms with Crippen molar-refractivity contribution in [2.24, 2.45) is 5.92 Å². The fraction of sp³-hybridized carbons (Fsp3) is 0.583. The van der Waals surface area contributed by atoms with Crippen molar-refractivity contribution in [1.82, 2.24) is 25.2 Å². The first-order valence-corrected chi connectivity index (χ1v) is 20.8. The van der Waals surface area contributed by atoms with Gasteiger partial charge < -0.3 is 25.0 Å². The van der Waals surface area contributed by atoms with E-state index < -0.39 is 75.1 Å². The van der Waals surface area contributed by atoms with E-state index >= 15 is 0 Å². The molecule has 3 aliphatic heterocycles. The number of alkyl carbamates (subject to hydrolysis) is 1. The van der Waals surface area contributed by atoms with Gasteiger partial charge in [0.1, 0.15) is 39.4 Å². The average molecular weight is 810 g/mol. The molecule has 5 amide bonds. The van der Waals surface area contributed by atoms with Crippen LogP contribution in [0.2, 0.25) is 4.34 Å². The first-order chi connectivity index (χ1) is 25.5. The van der Waals surface area contributed by atoms with Gasteiger partial charge in [0.25, 0.3) is 15.9 Å². The van der Waals surface area contributed by atoms with Crippen molar-refractivity contribution in [3.8, 4) is 0 Å². The molecular formula is C36H45ClFN5O9S2. The third kappa shape index (κ3) is 8.94. The van der Waals surface area contributed by atoms with Crippen LogP contribution >= 0.6 is 22.9 Å². The van der Waals surface area contributed by atoms with Crippen LogP contribution in [0.1, 0.15) is 89.7 Å². The van der Waals surface area contributed by atoms with E-state index in [-0.39, 0.29) is 53.4 Å². The predicted octanol–water partition coefficient (Wildman–Crippen LogP) is 4.98. The lowest BCUT2D eigenvalue weighted by molar-refractivity contribution is -0.141. The minimum Gasteiger partial charge on any atom is -0.444 e. The summed E-state index contributed by atoms with van der Waals surface area (Å²) in [5, 5.41) is 5.48. The second-order valence-corrected chi connectivity index (χ2v) is 19.0. The monoisotopic (exact) mass is 809 g/mol. The van der Waals surface area contributed by atoms with E-state index in [4.69, 9.17) is 21.1 Å². The molecule has 3 fully saturated rings. The zero-order valence-corrected chi connectivity index (χ0v) is 32.7. The van der Waals surface area contributed by atoms with E-state index in [0.29, 0.717) is 24.0 Å². The molecule has 0 spiro atoms. The highest BCUT2D eigenvalue weighted by Gasteiger charge is 2.62. The Balaban J connectivity index is 1.26. The minimum atomic E-state index is -4.31. The first kappa shape index (κ1) is 39.7. The van der Waals surface area contributed by atoms with Crippen LogP contribution in [-0.4, -0.2) is 84.0 Å². The maximum Gasteiger partial charge on any atom is 0.410 e. The molecule has 4 heterocycles. The van der Waals surface area contributed by atoms with E-state index in [0.717, 1.165) is 37.0 Å². The van der Waals surface area contributed by atoms with Gasteiger partial charge in [-0.2, -0.15) is 0 Å². The Kier molecular flexibility index (Phi) is 11.5. The molecule has 4 aliphatic rings. The fourth-order valence-electron chi connectivity index (χ4n) is 7.45. The van der Waals surface area contributed by atoms with Crippen molar-refractivity contribution in [2.45, 2.75) is 125 Å². The molecule has 3 N–H and O–H groups in total. The summed E-state index contributed by atoms with van der Waals surface area (Å²) < 4.78 is 54.2. The molecule has 2 aromatic rings. The lowest BCUT2D eigenvalue weighted by Gasteiger charge is -2.30. The van der Waals surface area contributed by atoms with E-state index in [1.807, 2.05) is 0 Å². The number of sulfonamides is 1. The number of halogens is 2. The maximum absolute atomic E-state index is 14.4. The van der Waals surface area contributed by atoms with Crippen LogP contribution in [0.5, 0.6) is 0 Å². The van der Waals surface area contributed by atoms with Gasteiger partial charge in [0.15, 0.2) is 0 Å². The third-order valence-corrected chi connectivity index (χ3v) is 13.3. The number of ether oxygens (including phenoxy) is 2. The van der Waals surface area contributed by atoms with Gasteiger partial charge in [0.2, 0.25) is 11.8 Å². The summed E-state index contributed by atoms with van der Waals surface area (Å²) in [4.78, 5) is 71.4. The number of amides is 5. The molecule has 1 saturated carbocycles. The summed E-state index contributed by atoms with van der Waals surface area (Å²) in [6.45, 7) is 4.97. The molecule has 0 radical (unpaired) electrons. The molecule has 5 atom stereocenters. The molecule has 14 nitrogen and oxygen atoms in total. The number of hydrogen-bond donors (Lipinski definition) is 3. The summed E-state index contributed by atoms with van der Waals surface area (Å²) in [6.07, 6.45) is 1.97. The second-order valence-electron chi connectivity index (χ2n) is 15.4. The topological polar surface area (TPSA) is 181 Å². The van der Waals surface area contributed by atoms with Crippen LogP contribution in [-0.2, 0) is 47.0 Å². The number of nitrogens with zero attached hydrogens (tertiary/aromatic N) is 2. The van der Waals surface area contributed by atoms with Gasteiger partial charge in [-0.05, 0) is 69.7 Å². The normalized spacial score (nSPS) is 26.3. The van der Waals surface area contributed by atoms with Crippen LogP contribution < -0.4 is 15.4 Å². The Morgan fingerprint density at radius 3 is 2.44 bits per heavy atom. The largest absolute Gasteiger partial charge is 0.444 e. The van der Waals surface area contributed by atoms with Gasteiger partial charge in [-0.1, -0.05) is 55.8 Å². The molecule has 18 heteroatoms. The summed E-state index contributed by atoms with van der Waals surface area (Å²) in [7, 11) is -4.31. The van der Waals surface area contributed by atoms with Gasteiger partial charge in [0.05, 0.1) is 17.4 Å². The van der Waals surface area contributed by atoms with Gasteiger partial charge >= 0.3 is 12.2 Å². The zero-order valence-electron chi connectivity index (χ0n) is 30.3. The van der Waals surface area contributed by atoms with Gasteiger partial charge in [-0.15, -0.1) is 11.3 Å². The molecule has 0 bridgehead atoms. The van der Waals surface area contributed by atoms with Crippen LogP contribution in [0.25, 0.3) is 0 Å². The summed E-state index contributed by atoms with van der Waals surface area (Å²) >= 11 is 6.74. The smallest absolute Gasteiger partial charge is 0.410 e. The third-order valence-electron chi connectivity index (χ3n) is 10.2. The zero-order chi connectivity index (χ0) is 39.0. The summed E-state index contributed by atoms with van der Waals surface area (Å²) in [6, 6.07) is 4.93. The molecule has 54 heavy (non-hydrogen) atoms. The molecule has 1 aromatic carbocycles. The second kappa shape index (κ2) is 15.6. The Morgan fingerprint density at radius 2 is 1.76 bits per heavy atom. The highest BCUT2D eigenvalue weighted by molar-refractivity contribution is 7.92. The molecule has 6 rings (SSSR count). The molecule has 1 aromatic heterocycles. The van der Waals surface area contributed by atoms with Gasteiger partial charge in [-0.3, -0.25) is 19.3 Å². The number of fused-ring (bicyclic) bond motifs is 3. The number of benzene rings is 1. The van der Waals surface area contributed by atoms with Crippen LogP contribution in [0.3, 0.4) is 0 Å². The SMILES string of the molecule is CC(C)(C)OC(=O)N[C@H]1CCCCCCC[C@H]2C[C@@]2(C(=O)NS(=O)(=O)c2ccc(Cl)s2)NC(=O)[C@@H]2C[C@@H](OC(=O)N3Cc4cccc(F)c4C3)CN2C1=O. The first-order valence-electron chi connectivity index (χ1n) is 18.1. The van der Waals surface area contributed by atoms with Crippen LogP contribution in [0, 0.1) is 11.7 Å². The lowest BCUT2D eigenvalue weighted by Crippen LogP contribution is -2.58. The van der Waals surface area contributed by atoms with E-state index in [1.54, 1.807) is 32.9 Å².